The number of likely N-dealkylation sites (N-methyl/N-ethyl adjacent to an activating group) is 1. The highest BCUT2D eigenvalue weighted by Gasteiger charge is 2.44. The summed E-state index contributed by atoms with van der Waals surface area (Å²) in [7, 11) is 2.22. The van der Waals surface area contributed by atoms with Gasteiger partial charge < -0.3 is 5.32 Å². The molecule has 2 fully saturated rings. The third-order valence-electron chi connectivity index (χ3n) is 2.87. The largest absolute Gasteiger partial charge is 0.311 e. The highest BCUT2D eigenvalue weighted by molar-refractivity contribution is 5.05. The van der Waals surface area contributed by atoms with Gasteiger partial charge in [-0.1, -0.05) is 0 Å². The minimum Gasteiger partial charge on any atom is -0.311 e. The summed E-state index contributed by atoms with van der Waals surface area (Å²) in [6, 6.07) is 0.792. The normalized spacial score (nSPS) is 50.7. The minimum atomic E-state index is 0.491. The first kappa shape index (κ1) is 5.69. The number of nitrogens with zero attached hydrogens (tertiary/aromatic N) is 1. The van der Waals surface area contributed by atoms with Crippen molar-refractivity contribution in [1.82, 2.24) is 10.2 Å². The van der Waals surface area contributed by atoms with E-state index >= 15 is 0 Å². The fourth-order valence-electron chi connectivity index (χ4n) is 2.01. The van der Waals surface area contributed by atoms with Crippen molar-refractivity contribution in [3.63, 3.8) is 0 Å². The minimum absolute atomic E-state index is 0.491. The molecule has 0 aromatic rings. The Morgan fingerprint density at radius 1 is 1.67 bits per heavy atom. The summed E-state index contributed by atoms with van der Waals surface area (Å²) in [5.41, 5.74) is 0.491. The van der Waals surface area contributed by atoms with Crippen molar-refractivity contribution >= 4 is 0 Å². The molecule has 2 heterocycles. The second kappa shape index (κ2) is 1.50. The van der Waals surface area contributed by atoms with Crippen LogP contribution in [0.4, 0.5) is 0 Å². The van der Waals surface area contributed by atoms with Crippen LogP contribution in [-0.2, 0) is 0 Å². The summed E-state index contributed by atoms with van der Waals surface area (Å²) in [4.78, 5) is 2.47. The number of nitrogens with one attached hydrogen (secondary N) is 1. The lowest BCUT2D eigenvalue weighted by atomic mass is 10.0. The monoisotopic (exact) mass is 126 g/mol. The van der Waals surface area contributed by atoms with E-state index in [1.165, 1.54) is 19.5 Å². The van der Waals surface area contributed by atoms with Crippen LogP contribution in [0.15, 0.2) is 0 Å². The van der Waals surface area contributed by atoms with E-state index in [9.17, 15) is 0 Å². The molecule has 52 valence electrons. The number of piperazine rings is 1. The number of hydrogen-bond acceptors (Lipinski definition) is 2. The Labute approximate surface area is 56.2 Å². The zero-order chi connectivity index (χ0) is 6.48. The highest BCUT2D eigenvalue weighted by Crippen LogP contribution is 2.31. The summed E-state index contributed by atoms with van der Waals surface area (Å²) in [6.07, 6.45) is 1.35. The van der Waals surface area contributed by atoms with Gasteiger partial charge >= 0.3 is 0 Å². The molecule has 2 nitrogen and oxygen atoms in total. The van der Waals surface area contributed by atoms with Crippen LogP contribution in [-0.4, -0.2) is 36.6 Å². The van der Waals surface area contributed by atoms with Gasteiger partial charge in [0.05, 0.1) is 0 Å². The lowest BCUT2D eigenvalue weighted by molar-refractivity contribution is 0.182. The summed E-state index contributed by atoms with van der Waals surface area (Å²) in [5, 5.41) is 3.49. The third-order valence-corrected chi connectivity index (χ3v) is 2.87. The van der Waals surface area contributed by atoms with Gasteiger partial charge in [-0.2, -0.15) is 0 Å². The van der Waals surface area contributed by atoms with E-state index in [-0.39, 0.29) is 0 Å². The van der Waals surface area contributed by atoms with Gasteiger partial charge in [-0.15, -0.1) is 0 Å². The molecular weight excluding hydrogens is 112 g/mol. The van der Waals surface area contributed by atoms with Crippen LogP contribution in [0.3, 0.4) is 0 Å². The van der Waals surface area contributed by atoms with E-state index in [1.807, 2.05) is 0 Å². The van der Waals surface area contributed by atoms with Gasteiger partial charge in [-0.05, 0) is 20.4 Å². The zero-order valence-electron chi connectivity index (χ0n) is 6.15. The van der Waals surface area contributed by atoms with Crippen LogP contribution < -0.4 is 5.32 Å². The summed E-state index contributed by atoms with van der Waals surface area (Å²) in [6.45, 7) is 4.78. The summed E-state index contributed by atoms with van der Waals surface area (Å²) >= 11 is 0. The lowest BCUT2D eigenvalue weighted by Gasteiger charge is -2.32. The SMILES string of the molecule is CN1CC2CC1(C)CN2. The van der Waals surface area contributed by atoms with E-state index < -0.39 is 0 Å². The third kappa shape index (κ3) is 0.634. The molecule has 2 heteroatoms. The van der Waals surface area contributed by atoms with Gasteiger partial charge in [0.25, 0.3) is 0 Å². The smallest absolute Gasteiger partial charge is 0.0318 e. The van der Waals surface area contributed by atoms with Crippen LogP contribution in [0.25, 0.3) is 0 Å². The number of hydrogen-bond donors (Lipinski definition) is 1. The predicted molar refractivity (Wildman–Crippen MR) is 37.4 cm³/mol. The molecule has 2 bridgehead atoms. The average Bonchev–Trinajstić information content (AvgIpc) is 2.22. The predicted octanol–water partition coefficient (Wildman–Crippen LogP) is 0.0524. The first-order valence-electron chi connectivity index (χ1n) is 3.65. The first-order chi connectivity index (χ1) is 4.21. The Bertz CT molecular complexity index is 135. The molecule has 0 radical (unpaired) electrons. The molecule has 0 aromatic carbocycles. The Morgan fingerprint density at radius 2 is 2.44 bits per heavy atom. The standard InChI is InChI=1S/C7H14N2/c1-7-3-6(8-5-7)4-9(7)2/h6,8H,3-5H2,1-2H3. The maximum Gasteiger partial charge on any atom is 0.0318 e. The fraction of sp³-hybridized carbons (Fsp3) is 1.00. The van der Waals surface area contributed by atoms with E-state index in [1.54, 1.807) is 0 Å². The Hall–Kier alpha value is -0.0800. The van der Waals surface area contributed by atoms with Gasteiger partial charge in [-0.3, -0.25) is 4.90 Å². The summed E-state index contributed by atoms with van der Waals surface area (Å²) in [5.74, 6) is 0. The van der Waals surface area contributed by atoms with E-state index in [0.29, 0.717) is 5.54 Å². The van der Waals surface area contributed by atoms with Crippen molar-refractivity contribution in [3.8, 4) is 0 Å². The molecule has 2 rings (SSSR count). The van der Waals surface area contributed by atoms with Crippen molar-refractivity contribution in [1.29, 1.82) is 0 Å². The molecule has 2 atom stereocenters. The highest BCUT2D eigenvalue weighted by atomic mass is 15.3. The second-order valence-electron chi connectivity index (χ2n) is 3.66. The molecule has 2 aliphatic heterocycles. The van der Waals surface area contributed by atoms with Crippen LogP contribution in [0.2, 0.25) is 0 Å². The first-order valence-corrected chi connectivity index (χ1v) is 3.65. The maximum absolute atomic E-state index is 3.49. The molecule has 0 aliphatic carbocycles. The van der Waals surface area contributed by atoms with Crippen molar-refractivity contribution in [2.24, 2.45) is 0 Å². The number of fused-ring (bicyclic) bond motifs is 2. The lowest BCUT2D eigenvalue weighted by Crippen LogP contribution is -2.48. The van der Waals surface area contributed by atoms with Crippen LogP contribution in [0, 0.1) is 0 Å². The summed E-state index contributed by atoms with van der Waals surface area (Å²) < 4.78 is 0. The van der Waals surface area contributed by atoms with E-state index in [0.717, 1.165) is 6.04 Å². The molecular formula is C7H14N2. The second-order valence-corrected chi connectivity index (χ2v) is 3.66. The molecule has 0 aromatic heterocycles. The fourth-order valence-corrected chi connectivity index (χ4v) is 2.01. The van der Waals surface area contributed by atoms with Gasteiger partial charge in [0.1, 0.15) is 0 Å². The van der Waals surface area contributed by atoms with Gasteiger partial charge in [0.15, 0.2) is 0 Å². The molecule has 2 unspecified atom stereocenters. The Morgan fingerprint density at radius 3 is 2.67 bits per heavy atom. The molecule has 0 spiro atoms. The molecule has 0 saturated carbocycles. The van der Waals surface area contributed by atoms with Crippen molar-refractivity contribution in [2.75, 3.05) is 20.1 Å². The van der Waals surface area contributed by atoms with Gasteiger partial charge in [-0.25, -0.2) is 0 Å². The molecule has 2 aliphatic rings. The quantitative estimate of drug-likeness (QED) is 0.493. The van der Waals surface area contributed by atoms with Gasteiger partial charge in [0, 0.05) is 24.7 Å². The van der Waals surface area contributed by atoms with Crippen molar-refractivity contribution in [2.45, 2.75) is 24.9 Å². The van der Waals surface area contributed by atoms with Crippen molar-refractivity contribution < 1.29 is 0 Å². The van der Waals surface area contributed by atoms with E-state index in [4.69, 9.17) is 0 Å². The molecule has 2 saturated heterocycles. The number of likely N-dealkylation sites (tertiary alicyclic amines) is 1. The van der Waals surface area contributed by atoms with Crippen molar-refractivity contribution in [3.05, 3.63) is 0 Å². The van der Waals surface area contributed by atoms with Crippen LogP contribution in [0.1, 0.15) is 13.3 Å². The average molecular weight is 126 g/mol. The maximum atomic E-state index is 3.49. The Balaban J connectivity index is 2.22. The zero-order valence-corrected chi connectivity index (χ0v) is 6.15. The number of rotatable bonds is 0. The van der Waals surface area contributed by atoms with Crippen LogP contribution >= 0.6 is 0 Å². The topological polar surface area (TPSA) is 15.3 Å². The Kier molecular flexibility index (Phi) is 0.945. The molecule has 0 amide bonds. The van der Waals surface area contributed by atoms with Gasteiger partial charge in [0.2, 0.25) is 0 Å². The van der Waals surface area contributed by atoms with Crippen LogP contribution in [0.5, 0.6) is 0 Å². The molecule has 1 N–H and O–H groups in total. The molecule has 9 heavy (non-hydrogen) atoms. The van der Waals surface area contributed by atoms with E-state index in [2.05, 4.69) is 24.2 Å².